The highest BCUT2D eigenvalue weighted by molar-refractivity contribution is 5.69. The molecule has 0 N–H and O–H groups in total. The van der Waals surface area contributed by atoms with Crippen molar-refractivity contribution < 1.29 is 9.53 Å². The van der Waals surface area contributed by atoms with Crippen molar-refractivity contribution in [2.45, 2.75) is 52.4 Å². The fourth-order valence-corrected chi connectivity index (χ4v) is 2.54. The maximum absolute atomic E-state index is 11.5. The molecule has 2 heteroatoms. The molecule has 0 saturated heterocycles. The standard InChI is InChI=1S/C23H32O2/c1-3-5-18-23(21-16-13-17-22(24)25-4-2)19-14-11-9-7-6-8-10-12-15-20-23/h5,7-10,14-16,18-21H,3-4,6,11-13,17H2,1-2H3/b9-7-,10-8-,18-5-,19-14-,20-15?,21-16-. The number of hydrogen-bond acceptors (Lipinski definition) is 2. The van der Waals surface area contributed by atoms with Gasteiger partial charge in [0, 0.05) is 11.8 Å². The first-order chi connectivity index (χ1) is 12.2. The van der Waals surface area contributed by atoms with Crippen molar-refractivity contribution in [2.24, 2.45) is 5.41 Å². The number of rotatable bonds is 7. The van der Waals surface area contributed by atoms with E-state index in [4.69, 9.17) is 4.74 Å². The van der Waals surface area contributed by atoms with E-state index in [2.05, 4.69) is 79.8 Å². The summed E-state index contributed by atoms with van der Waals surface area (Å²) in [5.41, 5.74) is -0.231. The summed E-state index contributed by atoms with van der Waals surface area (Å²) in [6.07, 6.45) is 31.4. The van der Waals surface area contributed by atoms with Crippen molar-refractivity contribution in [1.29, 1.82) is 0 Å². The number of esters is 1. The molecule has 0 amide bonds. The van der Waals surface area contributed by atoms with Crippen LogP contribution in [0.4, 0.5) is 0 Å². The maximum atomic E-state index is 11.5. The summed E-state index contributed by atoms with van der Waals surface area (Å²) in [6.45, 7) is 4.42. The van der Waals surface area contributed by atoms with Crippen LogP contribution >= 0.6 is 0 Å². The Morgan fingerprint density at radius 1 is 0.920 bits per heavy atom. The fourth-order valence-electron chi connectivity index (χ4n) is 2.54. The third-order valence-corrected chi connectivity index (χ3v) is 3.83. The molecule has 0 aromatic heterocycles. The van der Waals surface area contributed by atoms with Gasteiger partial charge in [0.2, 0.25) is 0 Å². The Kier molecular flexibility index (Phi) is 11.1. The lowest BCUT2D eigenvalue weighted by Crippen LogP contribution is -2.08. The van der Waals surface area contributed by atoms with Crippen molar-refractivity contribution >= 4 is 5.97 Å². The molecule has 136 valence electrons. The Morgan fingerprint density at radius 2 is 1.48 bits per heavy atom. The van der Waals surface area contributed by atoms with Gasteiger partial charge in [-0.05, 0) is 39.0 Å². The minimum Gasteiger partial charge on any atom is -0.466 e. The van der Waals surface area contributed by atoms with Gasteiger partial charge in [-0.15, -0.1) is 0 Å². The van der Waals surface area contributed by atoms with Gasteiger partial charge in [-0.2, -0.15) is 0 Å². The predicted octanol–water partition coefficient (Wildman–Crippen LogP) is 6.25. The molecule has 1 rings (SSSR count). The molecular weight excluding hydrogens is 308 g/mol. The van der Waals surface area contributed by atoms with E-state index in [0.717, 1.165) is 25.7 Å². The zero-order valence-electron chi connectivity index (χ0n) is 15.7. The molecular formula is C23H32O2. The van der Waals surface area contributed by atoms with Crippen LogP contribution in [-0.2, 0) is 9.53 Å². The number of carbonyl (C=O) groups excluding carboxylic acids is 1. The SMILES string of the molecule is CC/C=C\C1(/C=C\CCC(=O)OCC)C=CC/C=C\C/C=C\C/C=C\1. The molecule has 1 aliphatic rings. The molecule has 0 spiro atoms. The Morgan fingerprint density at radius 3 is 2.04 bits per heavy atom. The van der Waals surface area contributed by atoms with E-state index in [-0.39, 0.29) is 11.4 Å². The Labute approximate surface area is 153 Å². The lowest BCUT2D eigenvalue weighted by atomic mass is 9.84. The minimum absolute atomic E-state index is 0.134. The summed E-state index contributed by atoms with van der Waals surface area (Å²) in [5, 5.41) is 0. The minimum atomic E-state index is -0.231. The van der Waals surface area contributed by atoms with Crippen LogP contribution in [0.15, 0.2) is 72.9 Å². The van der Waals surface area contributed by atoms with Crippen molar-refractivity contribution in [2.75, 3.05) is 6.61 Å². The van der Waals surface area contributed by atoms with Gasteiger partial charge in [-0.3, -0.25) is 4.79 Å². The maximum Gasteiger partial charge on any atom is 0.306 e. The highest BCUT2D eigenvalue weighted by Gasteiger charge is 2.15. The van der Waals surface area contributed by atoms with E-state index in [9.17, 15) is 4.79 Å². The van der Waals surface area contributed by atoms with E-state index in [1.54, 1.807) is 0 Å². The van der Waals surface area contributed by atoms with E-state index >= 15 is 0 Å². The van der Waals surface area contributed by atoms with Crippen LogP contribution in [0, 0.1) is 5.41 Å². The van der Waals surface area contributed by atoms with Crippen LogP contribution in [0.3, 0.4) is 0 Å². The molecule has 0 fully saturated rings. The van der Waals surface area contributed by atoms with Crippen LogP contribution in [-0.4, -0.2) is 12.6 Å². The van der Waals surface area contributed by atoms with Gasteiger partial charge < -0.3 is 4.74 Å². The van der Waals surface area contributed by atoms with Crippen LogP contribution in [0.1, 0.15) is 52.4 Å². The zero-order valence-corrected chi connectivity index (χ0v) is 15.7. The topological polar surface area (TPSA) is 26.3 Å². The van der Waals surface area contributed by atoms with Crippen LogP contribution in [0.2, 0.25) is 0 Å². The smallest absolute Gasteiger partial charge is 0.306 e. The lowest BCUT2D eigenvalue weighted by molar-refractivity contribution is -0.143. The summed E-state index contributed by atoms with van der Waals surface area (Å²) in [4.78, 5) is 11.5. The number of carbonyl (C=O) groups is 1. The largest absolute Gasteiger partial charge is 0.466 e. The number of hydrogen-bond donors (Lipinski definition) is 0. The average Bonchev–Trinajstić information content (AvgIpc) is 2.60. The van der Waals surface area contributed by atoms with Crippen molar-refractivity contribution in [3.8, 4) is 0 Å². The number of ether oxygens (including phenoxy) is 1. The van der Waals surface area contributed by atoms with E-state index < -0.39 is 0 Å². The molecule has 1 aliphatic carbocycles. The molecule has 0 aliphatic heterocycles. The zero-order chi connectivity index (χ0) is 18.2. The van der Waals surface area contributed by atoms with Crippen molar-refractivity contribution in [3.63, 3.8) is 0 Å². The van der Waals surface area contributed by atoms with Gasteiger partial charge in [0.05, 0.1) is 6.61 Å². The predicted molar refractivity (Wildman–Crippen MR) is 107 cm³/mol. The summed E-state index contributed by atoms with van der Waals surface area (Å²) in [7, 11) is 0. The molecule has 0 bridgehead atoms. The molecule has 0 aromatic rings. The normalized spacial score (nSPS) is 25.4. The molecule has 0 radical (unpaired) electrons. The molecule has 1 atom stereocenters. The number of allylic oxidation sites excluding steroid dienone is 12. The van der Waals surface area contributed by atoms with Gasteiger partial charge in [-0.1, -0.05) is 79.8 Å². The quantitative estimate of drug-likeness (QED) is 0.404. The molecule has 25 heavy (non-hydrogen) atoms. The summed E-state index contributed by atoms with van der Waals surface area (Å²) < 4.78 is 4.99. The molecule has 2 nitrogen and oxygen atoms in total. The Bertz CT molecular complexity index is 520. The van der Waals surface area contributed by atoms with Crippen LogP contribution in [0.25, 0.3) is 0 Å². The van der Waals surface area contributed by atoms with Gasteiger partial charge in [0.1, 0.15) is 0 Å². The fraction of sp³-hybridized carbons (Fsp3) is 0.435. The Balaban J connectivity index is 2.91. The van der Waals surface area contributed by atoms with Crippen LogP contribution < -0.4 is 0 Å². The van der Waals surface area contributed by atoms with Crippen molar-refractivity contribution in [3.05, 3.63) is 72.9 Å². The third-order valence-electron chi connectivity index (χ3n) is 3.83. The molecule has 0 saturated carbocycles. The Hall–Kier alpha value is -2.09. The first kappa shape index (κ1) is 21.0. The second-order valence-corrected chi connectivity index (χ2v) is 6.01. The van der Waals surface area contributed by atoms with Crippen LogP contribution in [0.5, 0.6) is 0 Å². The molecule has 0 heterocycles. The third kappa shape index (κ3) is 9.71. The van der Waals surface area contributed by atoms with Gasteiger partial charge in [0.25, 0.3) is 0 Å². The first-order valence-electron chi connectivity index (χ1n) is 9.39. The summed E-state index contributed by atoms with van der Waals surface area (Å²) in [6, 6.07) is 0. The molecule has 0 aromatic carbocycles. The van der Waals surface area contributed by atoms with Gasteiger partial charge in [0.15, 0.2) is 0 Å². The van der Waals surface area contributed by atoms with E-state index in [1.807, 2.05) is 6.92 Å². The van der Waals surface area contributed by atoms with E-state index in [1.165, 1.54) is 0 Å². The highest BCUT2D eigenvalue weighted by atomic mass is 16.5. The monoisotopic (exact) mass is 340 g/mol. The average molecular weight is 341 g/mol. The second kappa shape index (κ2) is 13.2. The molecule has 1 unspecified atom stereocenters. The first-order valence-corrected chi connectivity index (χ1v) is 9.39. The second-order valence-electron chi connectivity index (χ2n) is 6.01. The van der Waals surface area contributed by atoms with Gasteiger partial charge >= 0.3 is 5.97 Å². The lowest BCUT2D eigenvalue weighted by Gasteiger charge is -2.19. The summed E-state index contributed by atoms with van der Waals surface area (Å²) >= 11 is 0. The summed E-state index contributed by atoms with van der Waals surface area (Å²) in [5.74, 6) is -0.134. The van der Waals surface area contributed by atoms with Gasteiger partial charge in [-0.25, -0.2) is 0 Å². The highest BCUT2D eigenvalue weighted by Crippen LogP contribution is 2.27. The van der Waals surface area contributed by atoms with E-state index in [0.29, 0.717) is 19.4 Å². The van der Waals surface area contributed by atoms with Crippen molar-refractivity contribution in [1.82, 2.24) is 0 Å².